The summed E-state index contributed by atoms with van der Waals surface area (Å²) in [7, 11) is 0. The van der Waals surface area contributed by atoms with Crippen LogP contribution in [0.15, 0.2) is 17.1 Å². The molecule has 0 saturated heterocycles. The second-order valence-corrected chi connectivity index (χ2v) is 3.77. The van der Waals surface area contributed by atoms with Crippen LogP contribution in [-0.2, 0) is 0 Å². The Morgan fingerprint density at radius 3 is 3.00 bits per heavy atom. The van der Waals surface area contributed by atoms with Gasteiger partial charge in [0.05, 0.1) is 5.71 Å². The third kappa shape index (κ3) is 1.75. The maximum Gasteiger partial charge on any atom is 0.232 e. The summed E-state index contributed by atoms with van der Waals surface area (Å²) in [5.74, 6) is 0.851. The summed E-state index contributed by atoms with van der Waals surface area (Å²) < 4.78 is 3.90. The third-order valence-corrected chi connectivity index (χ3v) is 2.54. The fourth-order valence-electron chi connectivity index (χ4n) is 1.09. The smallest absolute Gasteiger partial charge is 0.232 e. The van der Waals surface area contributed by atoms with Gasteiger partial charge in [-0.05, 0) is 23.5 Å². The summed E-state index contributed by atoms with van der Waals surface area (Å²) in [5, 5.41) is 0.806. The van der Waals surface area contributed by atoms with E-state index >= 15 is 0 Å². The molecule has 1 aromatic heterocycles. The zero-order valence-electron chi connectivity index (χ0n) is 7.27. The number of allylic oxidation sites excluding steroid dienone is 1. The Morgan fingerprint density at radius 2 is 2.46 bits per heavy atom. The molecule has 2 rings (SSSR count). The van der Waals surface area contributed by atoms with Gasteiger partial charge >= 0.3 is 0 Å². The molecule has 68 valence electrons. The fourth-order valence-corrected chi connectivity index (χ4v) is 1.67. The number of anilines is 1. The highest BCUT2D eigenvalue weighted by atomic mass is 32.1. The molecule has 0 amide bonds. The molecule has 0 aliphatic carbocycles. The van der Waals surface area contributed by atoms with E-state index in [0.29, 0.717) is 11.9 Å². The molecule has 1 atom stereocenters. The molecule has 0 radical (unpaired) electrons. The Bertz CT molecular complexity index is 366. The standard InChI is InChI=1S/C8H10N4S/c1-5-2-3-6(10-4-5)7-11-8(9)12-13-7/h2-3,5H,4H2,1H3,(H2,9,12). The summed E-state index contributed by atoms with van der Waals surface area (Å²) in [6, 6.07) is 0. The molecule has 1 aliphatic rings. The van der Waals surface area contributed by atoms with Gasteiger partial charge in [-0.25, -0.2) is 0 Å². The molecule has 2 heterocycles. The monoisotopic (exact) mass is 194 g/mol. The van der Waals surface area contributed by atoms with Crippen LogP contribution in [0.5, 0.6) is 0 Å². The molecule has 0 saturated carbocycles. The van der Waals surface area contributed by atoms with Crippen LogP contribution in [0.3, 0.4) is 0 Å². The molecule has 13 heavy (non-hydrogen) atoms. The summed E-state index contributed by atoms with van der Waals surface area (Å²) in [5.41, 5.74) is 6.32. The Morgan fingerprint density at radius 1 is 1.62 bits per heavy atom. The molecule has 0 spiro atoms. The van der Waals surface area contributed by atoms with Gasteiger partial charge in [-0.15, -0.1) is 0 Å². The highest BCUT2D eigenvalue weighted by Gasteiger charge is 2.10. The average molecular weight is 194 g/mol. The molecule has 1 unspecified atom stereocenters. The SMILES string of the molecule is CC1C=CC(c2nc(N)ns2)=NC1. The highest BCUT2D eigenvalue weighted by Crippen LogP contribution is 2.13. The highest BCUT2D eigenvalue weighted by molar-refractivity contribution is 7.08. The number of nitrogen functional groups attached to an aromatic ring is 1. The molecular formula is C8H10N4S. The number of aliphatic imine (C=N–C) groups is 1. The largest absolute Gasteiger partial charge is 0.367 e. The van der Waals surface area contributed by atoms with Crippen LogP contribution in [0.25, 0.3) is 0 Å². The van der Waals surface area contributed by atoms with E-state index in [1.54, 1.807) is 0 Å². The van der Waals surface area contributed by atoms with Crippen LogP contribution < -0.4 is 5.73 Å². The lowest BCUT2D eigenvalue weighted by molar-refractivity contribution is 0.734. The van der Waals surface area contributed by atoms with Gasteiger partial charge in [0, 0.05) is 6.54 Å². The molecule has 0 aromatic carbocycles. The Balaban J connectivity index is 2.24. The topological polar surface area (TPSA) is 64.2 Å². The van der Waals surface area contributed by atoms with Gasteiger partial charge in [0.1, 0.15) is 0 Å². The molecule has 5 heteroatoms. The van der Waals surface area contributed by atoms with Crippen LogP contribution in [0, 0.1) is 5.92 Å². The van der Waals surface area contributed by atoms with Crippen molar-refractivity contribution in [3.05, 3.63) is 17.2 Å². The molecule has 0 fully saturated rings. The van der Waals surface area contributed by atoms with E-state index < -0.39 is 0 Å². The van der Waals surface area contributed by atoms with E-state index in [-0.39, 0.29) is 0 Å². The number of aromatic nitrogens is 2. The van der Waals surface area contributed by atoms with Gasteiger partial charge in [-0.3, -0.25) is 4.99 Å². The molecule has 0 bridgehead atoms. The van der Waals surface area contributed by atoms with Gasteiger partial charge in [0.2, 0.25) is 5.95 Å². The first-order chi connectivity index (χ1) is 6.25. The fraction of sp³-hybridized carbons (Fsp3) is 0.375. The Labute approximate surface area is 80.4 Å². The van der Waals surface area contributed by atoms with E-state index in [1.165, 1.54) is 11.5 Å². The summed E-state index contributed by atoms with van der Waals surface area (Å²) in [6.45, 7) is 2.95. The van der Waals surface area contributed by atoms with Gasteiger partial charge in [0.25, 0.3) is 0 Å². The molecule has 1 aliphatic heterocycles. The number of hydrogen-bond donors (Lipinski definition) is 1. The number of rotatable bonds is 1. The number of dihydropyridines is 1. The Hall–Kier alpha value is -1.23. The number of nitrogens with zero attached hydrogens (tertiary/aromatic N) is 3. The predicted molar refractivity (Wildman–Crippen MR) is 54.0 cm³/mol. The lowest BCUT2D eigenvalue weighted by Crippen LogP contribution is -2.08. The van der Waals surface area contributed by atoms with E-state index in [2.05, 4.69) is 27.3 Å². The number of nitrogens with two attached hydrogens (primary N) is 1. The predicted octanol–water partition coefficient (Wildman–Crippen LogP) is 1.12. The van der Waals surface area contributed by atoms with E-state index in [1.807, 2.05) is 6.08 Å². The van der Waals surface area contributed by atoms with Crippen molar-refractivity contribution in [2.45, 2.75) is 6.92 Å². The van der Waals surface area contributed by atoms with Crippen LogP contribution in [0.4, 0.5) is 5.95 Å². The lowest BCUT2D eigenvalue weighted by Gasteiger charge is -2.08. The quantitative estimate of drug-likeness (QED) is 0.728. The average Bonchev–Trinajstić information content (AvgIpc) is 2.53. The normalized spacial score (nSPS) is 21.6. The van der Waals surface area contributed by atoms with E-state index in [4.69, 9.17) is 5.73 Å². The van der Waals surface area contributed by atoms with Gasteiger partial charge in [-0.2, -0.15) is 9.36 Å². The zero-order chi connectivity index (χ0) is 9.26. The minimum Gasteiger partial charge on any atom is -0.367 e. The maximum absolute atomic E-state index is 5.42. The van der Waals surface area contributed by atoms with Crippen molar-refractivity contribution >= 4 is 23.2 Å². The van der Waals surface area contributed by atoms with Crippen molar-refractivity contribution in [2.24, 2.45) is 10.9 Å². The van der Waals surface area contributed by atoms with Crippen molar-refractivity contribution in [1.29, 1.82) is 0 Å². The molecule has 2 N–H and O–H groups in total. The van der Waals surface area contributed by atoms with Gasteiger partial charge in [-0.1, -0.05) is 13.0 Å². The molecular weight excluding hydrogens is 184 g/mol. The minimum atomic E-state index is 0.328. The second kappa shape index (κ2) is 3.26. The molecule has 1 aromatic rings. The van der Waals surface area contributed by atoms with Crippen molar-refractivity contribution in [1.82, 2.24) is 9.36 Å². The lowest BCUT2D eigenvalue weighted by atomic mass is 10.1. The first-order valence-electron chi connectivity index (χ1n) is 4.08. The van der Waals surface area contributed by atoms with Crippen LogP contribution >= 0.6 is 11.5 Å². The van der Waals surface area contributed by atoms with Crippen LogP contribution in [0.2, 0.25) is 0 Å². The zero-order valence-corrected chi connectivity index (χ0v) is 8.08. The first kappa shape index (κ1) is 8.37. The third-order valence-electron chi connectivity index (χ3n) is 1.79. The van der Waals surface area contributed by atoms with Crippen molar-refractivity contribution < 1.29 is 0 Å². The Kier molecular flexibility index (Phi) is 2.10. The summed E-state index contributed by atoms with van der Waals surface area (Å²) in [6.07, 6.45) is 4.11. The number of hydrogen-bond acceptors (Lipinski definition) is 5. The second-order valence-electron chi connectivity index (χ2n) is 3.02. The summed E-state index contributed by atoms with van der Waals surface area (Å²) >= 11 is 1.29. The van der Waals surface area contributed by atoms with Crippen LogP contribution in [-0.4, -0.2) is 21.6 Å². The minimum absolute atomic E-state index is 0.328. The van der Waals surface area contributed by atoms with Crippen molar-refractivity contribution in [3.8, 4) is 0 Å². The van der Waals surface area contributed by atoms with E-state index in [0.717, 1.165) is 17.3 Å². The van der Waals surface area contributed by atoms with Gasteiger partial charge < -0.3 is 5.73 Å². The molecule has 4 nitrogen and oxygen atoms in total. The van der Waals surface area contributed by atoms with E-state index in [9.17, 15) is 0 Å². The first-order valence-corrected chi connectivity index (χ1v) is 4.85. The maximum atomic E-state index is 5.42. The van der Waals surface area contributed by atoms with Gasteiger partial charge in [0.15, 0.2) is 5.01 Å². The van der Waals surface area contributed by atoms with Crippen LogP contribution in [0.1, 0.15) is 11.9 Å². The summed E-state index contributed by atoms with van der Waals surface area (Å²) in [4.78, 5) is 8.44. The van der Waals surface area contributed by atoms with Crippen molar-refractivity contribution in [3.63, 3.8) is 0 Å². The van der Waals surface area contributed by atoms with Crippen molar-refractivity contribution in [2.75, 3.05) is 12.3 Å².